The lowest BCUT2D eigenvalue weighted by molar-refractivity contribution is -0.124. The van der Waals surface area contributed by atoms with E-state index in [0.717, 1.165) is 44.8 Å². The van der Waals surface area contributed by atoms with Crippen molar-refractivity contribution in [2.75, 3.05) is 74.9 Å². The third kappa shape index (κ3) is 5.51. The average molecular weight is 528 g/mol. The summed E-state index contributed by atoms with van der Waals surface area (Å²) in [4.78, 5) is 31.4. The second-order valence-corrected chi connectivity index (χ2v) is 9.35. The number of amides is 2. The molecular weight excluding hydrogens is 490 g/mol. The first-order valence-electron chi connectivity index (χ1n) is 12.8. The minimum absolute atomic E-state index is 0.167. The van der Waals surface area contributed by atoms with Gasteiger partial charge in [-0.05, 0) is 48.4 Å². The van der Waals surface area contributed by atoms with Crippen LogP contribution in [-0.2, 0) is 9.53 Å². The Morgan fingerprint density at radius 3 is 2.24 bits per heavy atom. The van der Waals surface area contributed by atoms with Crippen molar-refractivity contribution in [1.29, 1.82) is 0 Å². The van der Waals surface area contributed by atoms with Gasteiger partial charge in [-0.15, -0.1) is 0 Å². The molecule has 2 heterocycles. The number of methoxy groups -OCH3 is 4. The van der Waals surface area contributed by atoms with Gasteiger partial charge in [-0.3, -0.25) is 14.5 Å². The number of rotatable bonds is 10. The van der Waals surface area contributed by atoms with Crippen LogP contribution in [0.15, 0.2) is 30.3 Å². The zero-order valence-corrected chi connectivity index (χ0v) is 22.7. The molecule has 4 rings (SSSR count). The van der Waals surface area contributed by atoms with E-state index < -0.39 is 12.0 Å². The first kappa shape index (κ1) is 27.5. The Kier molecular flexibility index (Phi) is 8.96. The molecule has 2 atom stereocenters. The molecule has 0 unspecified atom stereocenters. The molecule has 0 aliphatic carbocycles. The molecule has 38 heavy (non-hydrogen) atoms. The summed E-state index contributed by atoms with van der Waals surface area (Å²) in [5.41, 5.74) is 1.76. The van der Waals surface area contributed by atoms with Crippen LogP contribution in [0.25, 0.3) is 0 Å². The van der Waals surface area contributed by atoms with E-state index in [0.29, 0.717) is 40.7 Å². The Balaban J connectivity index is 1.69. The fourth-order valence-electron chi connectivity index (χ4n) is 5.23. The van der Waals surface area contributed by atoms with Gasteiger partial charge in [0.1, 0.15) is 0 Å². The van der Waals surface area contributed by atoms with Gasteiger partial charge < -0.3 is 33.9 Å². The van der Waals surface area contributed by atoms with Crippen LogP contribution in [0.3, 0.4) is 0 Å². The van der Waals surface area contributed by atoms with E-state index in [4.69, 9.17) is 23.7 Å². The minimum atomic E-state index is -0.686. The highest BCUT2D eigenvalue weighted by atomic mass is 16.5. The molecule has 1 N–H and O–H groups in total. The lowest BCUT2D eigenvalue weighted by Gasteiger charge is -2.40. The lowest BCUT2D eigenvalue weighted by atomic mass is 9.79. The van der Waals surface area contributed by atoms with Gasteiger partial charge in [0.05, 0.1) is 53.6 Å². The van der Waals surface area contributed by atoms with Gasteiger partial charge in [0.2, 0.25) is 5.91 Å². The monoisotopic (exact) mass is 527 g/mol. The predicted octanol–water partition coefficient (Wildman–Crippen LogP) is 2.47. The molecule has 2 aromatic carbocycles. The summed E-state index contributed by atoms with van der Waals surface area (Å²) in [5.74, 6) is 0.915. The van der Waals surface area contributed by atoms with Gasteiger partial charge in [0.15, 0.2) is 23.0 Å². The van der Waals surface area contributed by atoms with E-state index in [1.165, 1.54) is 14.2 Å². The van der Waals surface area contributed by atoms with Crippen LogP contribution in [0.1, 0.15) is 39.9 Å². The second kappa shape index (κ2) is 12.4. The number of carbonyl (C=O) groups is 2. The summed E-state index contributed by atoms with van der Waals surface area (Å²) < 4.78 is 27.3. The first-order valence-corrected chi connectivity index (χ1v) is 12.8. The summed E-state index contributed by atoms with van der Waals surface area (Å²) in [7, 11) is 7.89. The number of nitrogens with zero attached hydrogens (tertiary/aromatic N) is 2. The Hall–Kier alpha value is -3.50. The van der Waals surface area contributed by atoms with Crippen molar-refractivity contribution in [3.8, 4) is 23.0 Å². The Bertz CT molecular complexity index is 1150. The average Bonchev–Trinajstić information content (AvgIpc) is 2.96. The number of morpholine rings is 1. The lowest BCUT2D eigenvalue weighted by Crippen LogP contribution is -2.46. The van der Waals surface area contributed by atoms with Gasteiger partial charge >= 0.3 is 0 Å². The summed E-state index contributed by atoms with van der Waals surface area (Å²) in [6, 6.07) is 8.28. The van der Waals surface area contributed by atoms with Crippen LogP contribution in [0.4, 0.5) is 0 Å². The van der Waals surface area contributed by atoms with Crippen molar-refractivity contribution in [3.63, 3.8) is 0 Å². The number of nitrogens with one attached hydrogen (secondary N) is 1. The highest BCUT2D eigenvalue weighted by Crippen LogP contribution is 2.46. The highest BCUT2D eigenvalue weighted by Gasteiger charge is 2.43. The molecule has 1 saturated heterocycles. The number of hydrogen-bond donors (Lipinski definition) is 1. The molecule has 0 saturated carbocycles. The zero-order valence-electron chi connectivity index (χ0n) is 22.7. The van der Waals surface area contributed by atoms with Gasteiger partial charge in [0, 0.05) is 32.2 Å². The number of carbonyl (C=O) groups excluding carboxylic acids is 2. The normalized spacial score (nSPS) is 19.5. The first-order chi connectivity index (χ1) is 18.4. The third-order valence-electron chi connectivity index (χ3n) is 7.26. The highest BCUT2D eigenvalue weighted by molar-refractivity contribution is 6.02. The Labute approximate surface area is 223 Å². The molecule has 2 aromatic rings. The second-order valence-electron chi connectivity index (χ2n) is 9.35. The van der Waals surface area contributed by atoms with Crippen LogP contribution >= 0.6 is 0 Å². The van der Waals surface area contributed by atoms with Gasteiger partial charge in [-0.1, -0.05) is 6.07 Å². The van der Waals surface area contributed by atoms with E-state index >= 15 is 0 Å². The van der Waals surface area contributed by atoms with Crippen molar-refractivity contribution in [3.05, 3.63) is 47.0 Å². The smallest absolute Gasteiger partial charge is 0.254 e. The fourth-order valence-corrected chi connectivity index (χ4v) is 5.23. The summed E-state index contributed by atoms with van der Waals surface area (Å²) >= 11 is 0. The van der Waals surface area contributed by atoms with Crippen LogP contribution in [-0.4, -0.2) is 96.5 Å². The quantitative estimate of drug-likeness (QED) is 0.471. The molecule has 10 heteroatoms. The third-order valence-corrected chi connectivity index (χ3v) is 7.26. The molecule has 2 amide bonds. The van der Waals surface area contributed by atoms with Gasteiger partial charge in [-0.2, -0.15) is 0 Å². The number of ether oxygens (including phenoxy) is 5. The summed E-state index contributed by atoms with van der Waals surface area (Å²) in [5, 5.41) is 3.12. The summed E-state index contributed by atoms with van der Waals surface area (Å²) in [6.07, 6.45) is 0.813. The van der Waals surface area contributed by atoms with Gasteiger partial charge in [-0.25, -0.2) is 0 Å². The van der Waals surface area contributed by atoms with Crippen molar-refractivity contribution < 1.29 is 33.3 Å². The van der Waals surface area contributed by atoms with Crippen LogP contribution in [0.2, 0.25) is 0 Å². The maximum Gasteiger partial charge on any atom is 0.254 e. The van der Waals surface area contributed by atoms with Gasteiger partial charge in [0.25, 0.3) is 5.91 Å². The SMILES string of the molecule is COc1ccc([C@@H]2[C@@H](C(=O)NCCCN3CCOCC3)c3cc(OC)c(OC)cc3C(=O)N2C)cc1OC. The minimum Gasteiger partial charge on any atom is -0.493 e. The molecular formula is C28H37N3O7. The maximum atomic E-state index is 13.9. The molecule has 2 aliphatic heterocycles. The standard InChI is InChI=1S/C28H37N3O7/c1-30-26(18-7-8-21(34-2)22(15-18)35-3)25(27(32)29-9-6-10-31-11-13-38-14-12-31)19-16-23(36-4)24(37-5)17-20(19)28(30)33/h7-8,15-17,25-26H,6,9-14H2,1-5H3,(H,29,32)/t25-,26+/m0/s1. The molecule has 206 valence electrons. The van der Waals surface area contributed by atoms with Crippen molar-refractivity contribution >= 4 is 11.8 Å². The van der Waals surface area contributed by atoms with Crippen molar-refractivity contribution in [2.24, 2.45) is 0 Å². The van der Waals surface area contributed by atoms with E-state index in [2.05, 4.69) is 10.2 Å². The predicted molar refractivity (Wildman–Crippen MR) is 142 cm³/mol. The largest absolute Gasteiger partial charge is 0.493 e. The Morgan fingerprint density at radius 2 is 1.58 bits per heavy atom. The van der Waals surface area contributed by atoms with E-state index in [1.807, 2.05) is 12.1 Å². The fraction of sp³-hybridized carbons (Fsp3) is 0.500. The van der Waals surface area contributed by atoms with Crippen LogP contribution in [0.5, 0.6) is 23.0 Å². The Morgan fingerprint density at radius 1 is 0.947 bits per heavy atom. The van der Waals surface area contributed by atoms with Crippen LogP contribution in [0, 0.1) is 0 Å². The molecule has 2 aliphatic rings. The van der Waals surface area contributed by atoms with Crippen LogP contribution < -0.4 is 24.3 Å². The summed E-state index contributed by atoms with van der Waals surface area (Å²) in [6.45, 7) is 4.69. The maximum absolute atomic E-state index is 13.9. The molecule has 0 radical (unpaired) electrons. The molecule has 0 spiro atoms. The number of fused-ring (bicyclic) bond motifs is 1. The molecule has 10 nitrogen and oxygen atoms in total. The van der Waals surface area contributed by atoms with E-state index in [9.17, 15) is 9.59 Å². The van der Waals surface area contributed by atoms with E-state index in [-0.39, 0.29) is 11.8 Å². The number of likely N-dealkylation sites (N-methyl/N-ethyl adjacent to an activating group) is 1. The zero-order chi connectivity index (χ0) is 27.2. The number of benzene rings is 2. The molecule has 0 bridgehead atoms. The van der Waals surface area contributed by atoms with E-state index in [1.54, 1.807) is 44.4 Å². The topological polar surface area (TPSA) is 98.8 Å². The molecule has 0 aromatic heterocycles. The molecule has 1 fully saturated rings. The van der Waals surface area contributed by atoms with Crippen molar-refractivity contribution in [2.45, 2.75) is 18.4 Å². The number of hydrogen-bond acceptors (Lipinski definition) is 8. The van der Waals surface area contributed by atoms with Crippen molar-refractivity contribution in [1.82, 2.24) is 15.1 Å².